The number of aromatic nitrogens is 4. The Kier molecular flexibility index (Phi) is 11.1. The molecule has 2 aliphatic heterocycles. The number of nitriles is 2. The van der Waals surface area contributed by atoms with Crippen molar-refractivity contribution in [2.24, 2.45) is 0 Å². The molecule has 4 aromatic carbocycles. The third-order valence-electron chi connectivity index (χ3n) is 10.0. The van der Waals surface area contributed by atoms with E-state index in [1.807, 2.05) is 6.07 Å². The Hall–Kier alpha value is -5.38. The second kappa shape index (κ2) is 16.8. The minimum absolute atomic E-state index is 0.582. The molecule has 3 aromatic heterocycles. The van der Waals surface area contributed by atoms with Crippen molar-refractivity contribution in [2.75, 3.05) is 0 Å². The van der Waals surface area contributed by atoms with E-state index in [0.29, 0.717) is 11.5 Å². The number of hydrogen-bond donors (Lipinski definition) is 2. The van der Waals surface area contributed by atoms with Crippen LogP contribution in [0.15, 0.2) is 121 Å². The molecule has 0 aliphatic carbocycles. The minimum atomic E-state index is 0.582. The molecule has 58 heavy (non-hydrogen) atoms. The van der Waals surface area contributed by atoms with Gasteiger partial charge in [-0.3, -0.25) is 0 Å². The quantitative estimate of drug-likeness (QED) is 0.116. The van der Waals surface area contributed by atoms with Crippen LogP contribution in [0.1, 0.15) is 33.9 Å². The Labute approximate surface area is 371 Å². The van der Waals surface area contributed by atoms with Gasteiger partial charge in [0.15, 0.2) is 0 Å². The van der Waals surface area contributed by atoms with E-state index in [2.05, 4.69) is 206 Å². The van der Waals surface area contributed by atoms with Crippen LogP contribution in [-0.4, -0.2) is 19.9 Å². The molecule has 6 nitrogen and oxygen atoms in total. The van der Waals surface area contributed by atoms with Crippen molar-refractivity contribution < 1.29 is 0 Å². The van der Waals surface area contributed by atoms with Gasteiger partial charge in [0, 0.05) is 63.0 Å². The van der Waals surface area contributed by atoms with Crippen molar-refractivity contribution in [3.05, 3.63) is 162 Å². The molecule has 0 saturated carbocycles. The SMILES string of the molecule is N#CSCc1cccc(-c2c3nc(c(-c4cccc(I)c4)c4ccc([nH]4)c(-c4cccc(CSC#N)c4)c4ccc([nH]4)c(-c4cccc(I)c4)c4nc2C=C4)C=C3)c1. The zero-order valence-corrected chi connectivity index (χ0v) is 36.6. The van der Waals surface area contributed by atoms with Crippen LogP contribution in [0.3, 0.4) is 0 Å². The van der Waals surface area contributed by atoms with E-state index < -0.39 is 0 Å². The van der Waals surface area contributed by atoms with E-state index in [0.717, 1.165) is 108 Å². The van der Waals surface area contributed by atoms with E-state index in [-0.39, 0.29) is 0 Å². The second-order valence-corrected chi connectivity index (χ2v) is 17.7. The number of rotatable bonds is 8. The highest BCUT2D eigenvalue weighted by atomic mass is 127. The van der Waals surface area contributed by atoms with Gasteiger partial charge in [0.1, 0.15) is 10.8 Å². The van der Waals surface area contributed by atoms with E-state index >= 15 is 0 Å². The second-order valence-electron chi connectivity index (χ2n) is 13.7. The zero-order chi connectivity index (χ0) is 39.6. The first-order valence-electron chi connectivity index (χ1n) is 18.3. The summed E-state index contributed by atoms with van der Waals surface area (Å²) in [6.07, 6.45) is 8.39. The predicted molar refractivity (Wildman–Crippen MR) is 260 cm³/mol. The molecule has 0 radical (unpaired) electrons. The van der Waals surface area contributed by atoms with Gasteiger partial charge in [-0.2, -0.15) is 10.5 Å². The van der Waals surface area contributed by atoms with Gasteiger partial charge in [-0.05, 0) is 175 Å². The lowest BCUT2D eigenvalue weighted by Gasteiger charge is -2.08. The molecular formula is C48H30I2N6S2. The number of fused-ring (bicyclic) bond motifs is 8. The highest BCUT2D eigenvalue weighted by Gasteiger charge is 2.20. The molecule has 0 amide bonds. The van der Waals surface area contributed by atoms with Crippen LogP contribution >= 0.6 is 68.7 Å². The Bertz CT molecular complexity index is 2950. The predicted octanol–water partition coefficient (Wildman–Crippen LogP) is 14.0. The van der Waals surface area contributed by atoms with Gasteiger partial charge >= 0.3 is 0 Å². The molecule has 2 aliphatic rings. The first kappa shape index (κ1) is 38.2. The van der Waals surface area contributed by atoms with Crippen LogP contribution in [0.2, 0.25) is 0 Å². The summed E-state index contributed by atoms with van der Waals surface area (Å²) in [4.78, 5) is 18.5. The van der Waals surface area contributed by atoms with Gasteiger partial charge in [0.25, 0.3) is 0 Å². The molecule has 0 fully saturated rings. The topological polar surface area (TPSA) is 105 Å². The van der Waals surface area contributed by atoms with Crippen molar-refractivity contribution in [2.45, 2.75) is 11.5 Å². The van der Waals surface area contributed by atoms with Gasteiger partial charge in [0.2, 0.25) is 0 Å². The summed E-state index contributed by atoms with van der Waals surface area (Å²) in [5.74, 6) is 1.18. The summed E-state index contributed by atoms with van der Waals surface area (Å²) in [6, 6.07) is 42.4. The number of hydrogen-bond acceptors (Lipinski definition) is 6. The van der Waals surface area contributed by atoms with E-state index in [4.69, 9.17) is 9.97 Å². The Morgan fingerprint density at radius 3 is 1.22 bits per heavy atom. The van der Waals surface area contributed by atoms with Crippen LogP contribution in [0.5, 0.6) is 0 Å². The minimum Gasteiger partial charge on any atom is -0.354 e. The lowest BCUT2D eigenvalue weighted by molar-refractivity contribution is 1.27. The molecule has 0 unspecified atom stereocenters. The fourth-order valence-corrected chi connectivity index (χ4v) is 9.48. The number of thiocyanates is 2. The van der Waals surface area contributed by atoms with Crippen LogP contribution in [0.25, 0.3) is 90.9 Å². The first-order valence-corrected chi connectivity index (χ1v) is 22.5. The fourth-order valence-electron chi connectivity index (χ4n) is 7.57. The number of aromatic amines is 2. The highest BCUT2D eigenvalue weighted by molar-refractivity contribution is 14.1. The van der Waals surface area contributed by atoms with Gasteiger partial charge in [-0.25, -0.2) is 9.97 Å². The first-order chi connectivity index (χ1) is 28.4. The largest absolute Gasteiger partial charge is 0.354 e. The van der Waals surface area contributed by atoms with Crippen LogP contribution in [0, 0.1) is 28.5 Å². The monoisotopic (exact) mass is 1010 g/mol. The van der Waals surface area contributed by atoms with Crippen LogP contribution in [-0.2, 0) is 11.5 Å². The third kappa shape index (κ3) is 7.77. The van der Waals surface area contributed by atoms with Crippen molar-refractivity contribution in [3.8, 4) is 55.3 Å². The summed E-state index contributed by atoms with van der Waals surface area (Å²) >= 11 is 7.20. The van der Waals surface area contributed by atoms with Crippen LogP contribution < -0.4 is 0 Å². The number of benzene rings is 4. The molecule has 5 heterocycles. The van der Waals surface area contributed by atoms with Gasteiger partial charge in [0.05, 0.1) is 22.8 Å². The van der Waals surface area contributed by atoms with Gasteiger partial charge in [-0.15, -0.1) is 0 Å². The van der Waals surface area contributed by atoms with Crippen molar-refractivity contribution in [3.63, 3.8) is 0 Å². The summed E-state index contributed by atoms with van der Waals surface area (Å²) in [5, 5.41) is 23.1. The number of nitrogens with one attached hydrogen (secondary N) is 2. The molecule has 0 saturated heterocycles. The van der Waals surface area contributed by atoms with Crippen molar-refractivity contribution in [1.29, 1.82) is 10.5 Å². The summed E-state index contributed by atoms with van der Waals surface area (Å²) in [7, 11) is 0. The fraction of sp³-hybridized carbons (Fsp3) is 0.0417. The standard InChI is InChI=1S/C48H30I2N6S2/c49-35-11-3-9-33(23-35)47-41-17-13-37(53-41)45(31-7-1-5-29(21-31)25-57-27-51)38-14-18-42(54-38)48(34-10-4-12-36(50)24-34)44-20-16-40(56-44)46(39-15-19-43(47)55-39)32-8-2-6-30(22-32)26-58-28-52/h1-24,53-54H,25-26H2. The molecule has 9 rings (SSSR count). The molecule has 278 valence electrons. The Balaban J connectivity index is 1.44. The normalized spacial score (nSPS) is 11.7. The summed E-state index contributed by atoms with van der Waals surface area (Å²) in [6.45, 7) is 0. The molecule has 7 aromatic rings. The molecule has 0 spiro atoms. The third-order valence-corrected chi connectivity index (χ3v) is 12.6. The maximum absolute atomic E-state index is 9.35. The van der Waals surface area contributed by atoms with E-state index in [1.165, 1.54) is 23.5 Å². The maximum Gasteiger partial charge on any atom is 0.133 e. The molecule has 10 heteroatoms. The Morgan fingerprint density at radius 2 is 0.810 bits per heavy atom. The number of H-pyrrole nitrogens is 2. The number of halogens is 2. The highest BCUT2D eigenvalue weighted by Crippen LogP contribution is 2.39. The molecule has 8 bridgehead atoms. The summed E-state index contributed by atoms with van der Waals surface area (Å²) in [5.41, 5.74) is 17.2. The van der Waals surface area contributed by atoms with E-state index in [9.17, 15) is 10.5 Å². The average molecular weight is 1010 g/mol. The summed E-state index contributed by atoms with van der Waals surface area (Å²) < 4.78 is 2.25. The average Bonchev–Trinajstić information content (AvgIpc) is 4.08. The Morgan fingerprint density at radius 1 is 0.448 bits per heavy atom. The lowest BCUT2D eigenvalue weighted by atomic mass is 10.0. The zero-order valence-electron chi connectivity index (χ0n) is 30.6. The number of nitrogens with zero attached hydrogens (tertiary/aromatic N) is 4. The smallest absolute Gasteiger partial charge is 0.133 e. The number of thioether (sulfide) groups is 2. The van der Waals surface area contributed by atoms with Crippen molar-refractivity contribution in [1.82, 2.24) is 19.9 Å². The molecule has 2 N–H and O–H groups in total. The van der Waals surface area contributed by atoms with Gasteiger partial charge < -0.3 is 9.97 Å². The maximum atomic E-state index is 9.35. The van der Waals surface area contributed by atoms with Crippen LogP contribution in [0.4, 0.5) is 0 Å². The molecular weight excluding hydrogens is 979 g/mol. The lowest BCUT2D eigenvalue weighted by Crippen LogP contribution is -1.92. The molecule has 0 atom stereocenters. The van der Waals surface area contributed by atoms with Gasteiger partial charge in [-0.1, -0.05) is 72.8 Å². The van der Waals surface area contributed by atoms with E-state index in [1.54, 1.807) is 0 Å². The van der Waals surface area contributed by atoms with Crippen molar-refractivity contribution >= 4 is 115 Å².